The van der Waals surface area contributed by atoms with E-state index in [1.54, 1.807) is 18.2 Å². The summed E-state index contributed by atoms with van der Waals surface area (Å²) in [5, 5.41) is 26.4. The van der Waals surface area contributed by atoms with Gasteiger partial charge < -0.3 is 25.2 Å². The first-order valence-corrected chi connectivity index (χ1v) is 8.78. The van der Waals surface area contributed by atoms with Gasteiger partial charge in [0.25, 0.3) is 0 Å². The average molecular weight is 409 g/mol. The molecule has 0 saturated heterocycles. The molecular weight excluding hydrogens is 394 g/mol. The summed E-state index contributed by atoms with van der Waals surface area (Å²) < 4.78 is 11.0. The number of ether oxygens (including phenoxy) is 2. The van der Waals surface area contributed by atoms with E-state index in [1.807, 2.05) is 0 Å². The SMILES string of the molecule is O=C(O)c1ccc(Nc2ncnc(Nc3ccc4c(c3)OCCO4)c2[N+](=O)[O-])cc1. The minimum Gasteiger partial charge on any atom is -0.486 e. The molecule has 0 bridgehead atoms. The zero-order valence-electron chi connectivity index (χ0n) is 15.4. The van der Waals surface area contributed by atoms with Crippen molar-refractivity contribution in [1.29, 1.82) is 0 Å². The number of aromatic nitrogens is 2. The van der Waals surface area contributed by atoms with Crippen LogP contribution in [-0.4, -0.2) is 39.2 Å². The lowest BCUT2D eigenvalue weighted by Crippen LogP contribution is -2.15. The van der Waals surface area contributed by atoms with Gasteiger partial charge in [-0.25, -0.2) is 14.8 Å². The van der Waals surface area contributed by atoms with E-state index in [0.29, 0.717) is 36.1 Å². The van der Waals surface area contributed by atoms with Crippen molar-refractivity contribution in [2.75, 3.05) is 23.8 Å². The molecule has 3 aromatic rings. The van der Waals surface area contributed by atoms with Crippen LogP contribution in [0.5, 0.6) is 11.5 Å². The van der Waals surface area contributed by atoms with Gasteiger partial charge in [0.2, 0.25) is 11.6 Å². The van der Waals surface area contributed by atoms with Gasteiger partial charge in [-0.05, 0) is 36.4 Å². The number of rotatable bonds is 6. The summed E-state index contributed by atoms with van der Waals surface area (Å²) in [6.45, 7) is 0.873. The molecule has 1 aliphatic rings. The Morgan fingerprint density at radius 3 is 2.20 bits per heavy atom. The molecule has 0 saturated carbocycles. The second kappa shape index (κ2) is 7.91. The van der Waals surface area contributed by atoms with E-state index in [-0.39, 0.29) is 22.9 Å². The molecule has 0 amide bonds. The van der Waals surface area contributed by atoms with Gasteiger partial charge in [0, 0.05) is 17.4 Å². The molecular formula is C19H15N5O6. The van der Waals surface area contributed by atoms with E-state index < -0.39 is 10.9 Å². The van der Waals surface area contributed by atoms with Crippen molar-refractivity contribution in [3.8, 4) is 11.5 Å². The highest BCUT2D eigenvalue weighted by atomic mass is 16.6. The Bertz CT molecular complexity index is 1120. The first-order chi connectivity index (χ1) is 14.5. The zero-order chi connectivity index (χ0) is 21.1. The number of benzene rings is 2. The number of hydrogen-bond acceptors (Lipinski definition) is 9. The van der Waals surface area contributed by atoms with Crippen LogP contribution in [0.4, 0.5) is 28.7 Å². The predicted molar refractivity (Wildman–Crippen MR) is 106 cm³/mol. The van der Waals surface area contributed by atoms with Gasteiger partial charge >= 0.3 is 11.7 Å². The van der Waals surface area contributed by atoms with E-state index in [2.05, 4.69) is 20.6 Å². The molecule has 0 fully saturated rings. The number of aromatic carboxylic acids is 1. The van der Waals surface area contributed by atoms with Gasteiger partial charge in [-0.1, -0.05) is 0 Å². The number of anilines is 4. The molecule has 2 heterocycles. The minimum atomic E-state index is -1.07. The number of nitrogens with zero attached hydrogens (tertiary/aromatic N) is 3. The van der Waals surface area contributed by atoms with Crippen LogP contribution in [0.3, 0.4) is 0 Å². The number of nitrogens with one attached hydrogen (secondary N) is 2. The molecule has 30 heavy (non-hydrogen) atoms. The molecule has 0 atom stereocenters. The van der Waals surface area contributed by atoms with Crippen LogP contribution in [0.1, 0.15) is 10.4 Å². The molecule has 4 rings (SSSR count). The maximum absolute atomic E-state index is 11.7. The van der Waals surface area contributed by atoms with E-state index in [4.69, 9.17) is 14.6 Å². The summed E-state index contributed by atoms with van der Waals surface area (Å²) in [6.07, 6.45) is 1.18. The third kappa shape index (κ3) is 3.90. The molecule has 3 N–H and O–H groups in total. The summed E-state index contributed by atoms with van der Waals surface area (Å²) >= 11 is 0. The number of nitro groups is 1. The molecule has 0 aliphatic carbocycles. The first kappa shape index (κ1) is 18.9. The molecule has 0 spiro atoms. The highest BCUT2D eigenvalue weighted by Crippen LogP contribution is 2.36. The second-order valence-electron chi connectivity index (χ2n) is 6.17. The Morgan fingerprint density at radius 1 is 0.967 bits per heavy atom. The maximum atomic E-state index is 11.7. The number of hydrogen-bond donors (Lipinski definition) is 3. The van der Waals surface area contributed by atoms with Crippen molar-refractivity contribution < 1.29 is 24.3 Å². The maximum Gasteiger partial charge on any atom is 0.353 e. The van der Waals surface area contributed by atoms with Gasteiger partial charge in [-0.2, -0.15) is 0 Å². The fraction of sp³-hybridized carbons (Fsp3) is 0.105. The number of carbonyl (C=O) groups is 1. The molecule has 2 aromatic carbocycles. The zero-order valence-corrected chi connectivity index (χ0v) is 15.4. The Labute approximate surface area is 169 Å². The van der Waals surface area contributed by atoms with Gasteiger partial charge in [-0.15, -0.1) is 0 Å². The van der Waals surface area contributed by atoms with Crippen molar-refractivity contribution >= 4 is 34.7 Å². The third-order valence-electron chi connectivity index (χ3n) is 4.20. The van der Waals surface area contributed by atoms with Gasteiger partial charge in [0.15, 0.2) is 11.5 Å². The van der Waals surface area contributed by atoms with E-state index in [1.165, 1.54) is 30.6 Å². The van der Waals surface area contributed by atoms with Gasteiger partial charge in [0.1, 0.15) is 19.5 Å². The average Bonchev–Trinajstić information content (AvgIpc) is 2.74. The summed E-state index contributed by atoms with van der Waals surface area (Å²) in [6, 6.07) is 10.8. The fourth-order valence-electron chi connectivity index (χ4n) is 2.83. The number of carboxylic acid groups (broad SMARTS) is 1. The van der Waals surface area contributed by atoms with Crippen LogP contribution >= 0.6 is 0 Å². The Hall–Kier alpha value is -4.41. The summed E-state index contributed by atoms with van der Waals surface area (Å²) in [7, 11) is 0. The van der Waals surface area contributed by atoms with Crippen LogP contribution in [0.15, 0.2) is 48.8 Å². The summed E-state index contributed by atoms with van der Waals surface area (Å²) in [5.74, 6) is -0.00841. The number of fused-ring (bicyclic) bond motifs is 1. The molecule has 1 aromatic heterocycles. The van der Waals surface area contributed by atoms with Crippen molar-refractivity contribution in [1.82, 2.24) is 9.97 Å². The van der Waals surface area contributed by atoms with Crippen molar-refractivity contribution in [2.45, 2.75) is 0 Å². The molecule has 1 aliphatic heterocycles. The fourth-order valence-corrected chi connectivity index (χ4v) is 2.83. The molecule has 152 valence electrons. The highest BCUT2D eigenvalue weighted by Gasteiger charge is 2.24. The number of carboxylic acids is 1. The normalized spacial score (nSPS) is 12.1. The summed E-state index contributed by atoms with van der Waals surface area (Å²) in [5.41, 5.74) is 0.693. The van der Waals surface area contributed by atoms with Crippen molar-refractivity contribution in [2.24, 2.45) is 0 Å². The Balaban J connectivity index is 1.63. The lowest BCUT2D eigenvalue weighted by atomic mass is 10.2. The van der Waals surface area contributed by atoms with E-state index in [9.17, 15) is 14.9 Å². The Morgan fingerprint density at radius 2 is 1.57 bits per heavy atom. The van der Waals surface area contributed by atoms with Gasteiger partial charge in [-0.3, -0.25) is 10.1 Å². The van der Waals surface area contributed by atoms with Gasteiger partial charge in [0.05, 0.1) is 10.5 Å². The monoisotopic (exact) mass is 409 g/mol. The second-order valence-corrected chi connectivity index (χ2v) is 6.17. The van der Waals surface area contributed by atoms with Crippen molar-refractivity contribution in [3.63, 3.8) is 0 Å². The predicted octanol–water partition coefficient (Wildman–Crippen LogP) is 3.34. The van der Waals surface area contributed by atoms with E-state index in [0.717, 1.165) is 0 Å². The van der Waals surface area contributed by atoms with Crippen molar-refractivity contribution in [3.05, 3.63) is 64.5 Å². The quantitative estimate of drug-likeness (QED) is 0.409. The van der Waals surface area contributed by atoms with Crippen LogP contribution in [-0.2, 0) is 0 Å². The standard InChI is InChI=1S/C19H15N5O6/c25-19(26)11-1-3-12(4-2-11)22-17-16(24(27)28)18(21-10-20-17)23-13-5-6-14-15(9-13)30-8-7-29-14/h1-6,9-10H,7-8H2,(H,25,26)(H2,20,21,22,23). The molecule has 11 nitrogen and oxygen atoms in total. The smallest absolute Gasteiger partial charge is 0.353 e. The minimum absolute atomic E-state index is 0.0173. The lowest BCUT2D eigenvalue weighted by Gasteiger charge is -2.19. The topological polar surface area (TPSA) is 149 Å². The first-order valence-electron chi connectivity index (χ1n) is 8.78. The van der Waals surface area contributed by atoms with Crippen LogP contribution in [0.2, 0.25) is 0 Å². The molecule has 0 radical (unpaired) electrons. The third-order valence-corrected chi connectivity index (χ3v) is 4.20. The van der Waals surface area contributed by atoms with Crippen LogP contribution in [0.25, 0.3) is 0 Å². The lowest BCUT2D eigenvalue weighted by molar-refractivity contribution is -0.383. The summed E-state index contributed by atoms with van der Waals surface area (Å²) in [4.78, 5) is 30.0. The van der Waals surface area contributed by atoms with Crippen LogP contribution < -0.4 is 20.1 Å². The Kier molecular flexibility index (Phi) is 4.99. The van der Waals surface area contributed by atoms with E-state index >= 15 is 0 Å². The highest BCUT2D eigenvalue weighted by molar-refractivity contribution is 5.88. The molecule has 0 unspecified atom stereocenters. The largest absolute Gasteiger partial charge is 0.486 e. The molecule has 11 heteroatoms. The van der Waals surface area contributed by atoms with Crippen LogP contribution in [0, 0.1) is 10.1 Å².